The van der Waals surface area contributed by atoms with Gasteiger partial charge in [0.1, 0.15) is 28.2 Å². The standard InChI is InChI=1S/C13H14Br2N4O/c1-3-16-12-11(15)13(18-7-17-12)19-8-4-5-9(14)10(6-8)20-2/h4-7H,3H2,1-2H3,(H2,16,17,18,19). The molecule has 7 heteroatoms. The smallest absolute Gasteiger partial charge is 0.150 e. The third-order valence-corrected chi connectivity index (χ3v) is 3.95. The van der Waals surface area contributed by atoms with Gasteiger partial charge in [0, 0.05) is 18.3 Å². The summed E-state index contributed by atoms with van der Waals surface area (Å²) in [5, 5.41) is 6.40. The van der Waals surface area contributed by atoms with E-state index in [0.29, 0.717) is 5.82 Å². The van der Waals surface area contributed by atoms with E-state index in [1.807, 2.05) is 25.1 Å². The van der Waals surface area contributed by atoms with Crippen LogP contribution in [-0.2, 0) is 0 Å². The van der Waals surface area contributed by atoms with Crippen LogP contribution in [0.3, 0.4) is 0 Å². The van der Waals surface area contributed by atoms with Gasteiger partial charge in [0.05, 0.1) is 11.6 Å². The van der Waals surface area contributed by atoms with Crippen molar-refractivity contribution in [3.8, 4) is 5.75 Å². The lowest BCUT2D eigenvalue weighted by molar-refractivity contribution is 0.412. The molecule has 2 N–H and O–H groups in total. The maximum absolute atomic E-state index is 5.27. The lowest BCUT2D eigenvalue weighted by Crippen LogP contribution is -2.03. The largest absolute Gasteiger partial charge is 0.495 e. The minimum Gasteiger partial charge on any atom is -0.495 e. The third kappa shape index (κ3) is 3.40. The molecule has 5 nitrogen and oxygen atoms in total. The number of hydrogen-bond acceptors (Lipinski definition) is 5. The summed E-state index contributed by atoms with van der Waals surface area (Å²) in [6, 6.07) is 5.75. The molecule has 1 heterocycles. The molecule has 0 saturated carbocycles. The molecule has 1 aromatic heterocycles. The second-order valence-electron chi connectivity index (χ2n) is 3.89. The van der Waals surface area contributed by atoms with E-state index in [2.05, 4.69) is 52.5 Å². The van der Waals surface area contributed by atoms with Crippen molar-refractivity contribution in [2.45, 2.75) is 6.92 Å². The molecule has 0 aliphatic heterocycles. The van der Waals surface area contributed by atoms with E-state index >= 15 is 0 Å². The topological polar surface area (TPSA) is 59.1 Å². The van der Waals surface area contributed by atoms with Gasteiger partial charge < -0.3 is 15.4 Å². The van der Waals surface area contributed by atoms with Gasteiger partial charge in [0.15, 0.2) is 0 Å². The van der Waals surface area contributed by atoms with Crippen LogP contribution < -0.4 is 15.4 Å². The molecule has 20 heavy (non-hydrogen) atoms. The van der Waals surface area contributed by atoms with Crippen LogP contribution in [0.25, 0.3) is 0 Å². The number of nitrogens with one attached hydrogen (secondary N) is 2. The molecule has 0 aliphatic rings. The van der Waals surface area contributed by atoms with Crippen molar-refractivity contribution in [2.75, 3.05) is 24.3 Å². The van der Waals surface area contributed by atoms with Gasteiger partial charge in [0.2, 0.25) is 0 Å². The normalized spacial score (nSPS) is 10.2. The van der Waals surface area contributed by atoms with Crippen LogP contribution in [0.2, 0.25) is 0 Å². The van der Waals surface area contributed by atoms with Crippen LogP contribution in [0.4, 0.5) is 17.3 Å². The van der Waals surface area contributed by atoms with Crippen LogP contribution in [0.1, 0.15) is 6.92 Å². The zero-order valence-electron chi connectivity index (χ0n) is 11.1. The SMILES string of the molecule is CCNc1ncnc(Nc2ccc(Br)c(OC)c2)c1Br. The van der Waals surface area contributed by atoms with Gasteiger partial charge in [-0.3, -0.25) is 0 Å². The number of ether oxygens (including phenoxy) is 1. The summed E-state index contributed by atoms with van der Waals surface area (Å²) in [4.78, 5) is 8.41. The Labute approximate surface area is 134 Å². The van der Waals surface area contributed by atoms with Gasteiger partial charge in [0.25, 0.3) is 0 Å². The van der Waals surface area contributed by atoms with Crippen LogP contribution in [-0.4, -0.2) is 23.6 Å². The molecule has 0 saturated heterocycles. The highest BCUT2D eigenvalue weighted by Gasteiger charge is 2.09. The van der Waals surface area contributed by atoms with Crippen LogP contribution in [0.5, 0.6) is 5.75 Å². The fourth-order valence-electron chi connectivity index (χ4n) is 1.62. The highest BCUT2D eigenvalue weighted by molar-refractivity contribution is 9.11. The Morgan fingerprint density at radius 2 is 1.95 bits per heavy atom. The monoisotopic (exact) mass is 400 g/mol. The maximum Gasteiger partial charge on any atom is 0.150 e. The number of anilines is 3. The third-order valence-electron chi connectivity index (χ3n) is 2.55. The molecule has 0 amide bonds. The van der Waals surface area contributed by atoms with E-state index in [9.17, 15) is 0 Å². The molecule has 2 aromatic rings. The Morgan fingerprint density at radius 1 is 1.20 bits per heavy atom. The second kappa shape index (κ2) is 6.90. The molecule has 0 spiro atoms. The van der Waals surface area contributed by atoms with Crippen LogP contribution in [0, 0.1) is 0 Å². The average molecular weight is 402 g/mol. The highest BCUT2D eigenvalue weighted by Crippen LogP contribution is 2.32. The Hall–Kier alpha value is -1.34. The van der Waals surface area contributed by atoms with E-state index < -0.39 is 0 Å². The average Bonchev–Trinajstić information content (AvgIpc) is 2.45. The zero-order valence-corrected chi connectivity index (χ0v) is 14.2. The van der Waals surface area contributed by atoms with Crippen molar-refractivity contribution in [3.63, 3.8) is 0 Å². The van der Waals surface area contributed by atoms with Crippen molar-refractivity contribution >= 4 is 49.2 Å². The molecule has 0 bridgehead atoms. The molecule has 0 fully saturated rings. The van der Waals surface area contributed by atoms with Crippen molar-refractivity contribution < 1.29 is 4.74 Å². The summed E-state index contributed by atoms with van der Waals surface area (Å²) in [6.07, 6.45) is 1.52. The van der Waals surface area contributed by atoms with Gasteiger partial charge in [-0.1, -0.05) is 0 Å². The fourth-order valence-corrected chi connectivity index (χ4v) is 2.47. The zero-order chi connectivity index (χ0) is 14.5. The Balaban J connectivity index is 2.28. The molecular formula is C13H14Br2N4O. The number of aromatic nitrogens is 2. The van der Waals surface area contributed by atoms with Crippen molar-refractivity contribution in [1.29, 1.82) is 0 Å². The van der Waals surface area contributed by atoms with Gasteiger partial charge in [-0.2, -0.15) is 0 Å². The predicted molar refractivity (Wildman–Crippen MR) is 87.9 cm³/mol. The summed E-state index contributed by atoms with van der Waals surface area (Å²) < 4.78 is 6.97. The Morgan fingerprint density at radius 3 is 2.65 bits per heavy atom. The van der Waals surface area contributed by atoms with Gasteiger partial charge >= 0.3 is 0 Å². The highest BCUT2D eigenvalue weighted by atomic mass is 79.9. The number of nitrogens with zero attached hydrogens (tertiary/aromatic N) is 2. The van der Waals surface area contributed by atoms with E-state index in [0.717, 1.165) is 32.7 Å². The molecule has 0 unspecified atom stereocenters. The van der Waals surface area contributed by atoms with E-state index in [1.165, 1.54) is 6.33 Å². The minimum atomic E-state index is 0.695. The summed E-state index contributed by atoms with van der Waals surface area (Å²) in [6.45, 7) is 2.81. The van der Waals surface area contributed by atoms with Gasteiger partial charge in [-0.15, -0.1) is 0 Å². The fraction of sp³-hybridized carbons (Fsp3) is 0.231. The Kier molecular flexibility index (Phi) is 5.19. The Bertz CT molecular complexity index is 607. The molecule has 0 atom stereocenters. The number of methoxy groups -OCH3 is 1. The molecule has 106 valence electrons. The van der Waals surface area contributed by atoms with Crippen molar-refractivity contribution in [3.05, 3.63) is 33.5 Å². The molecular weight excluding hydrogens is 388 g/mol. The number of hydrogen-bond donors (Lipinski definition) is 2. The number of halogens is 2. The van der Waals surface area contributed by atoms with Crippen molar-refractivity contribution in [2.24, 2.45) is 0 Å². The van der Waals surface area contributed by atoms with Gasteiger partial charge in [-0.25, -0.2) is 9.97 Å². The second-order valence-corrected chi connectivity index (χ2v) is 5.54. The first kappa shape index (κ1) is 15.1. The first-order valence-corrected chi connectivity index (χ1v) is 7.59. The lowest BCUT2D eigenvalue weighted by atomic mass is 10.3. The summed E-state index contributed by atoms with van der Waals surface area (Å²) in [5.41, 5.74) is 0.881. The summed E-state index contributed by atoms with van der Waals surface area (Å²) in [5.74, 6) is 2.21. The number of rotatable bonds is 5. The van der Waals surface area contributed by atoms with Crippen LogP contribution >= 0.6 is 31.9 Å². The van der Waals surface area contributed by atoms with Crippen molar-refractivity contribution in [1.82, 2.24) is 9.97 Å². The van der Waals surface area contributed by atoms with E-state index in [1.54, 1.807) is 7.11 Å². The predicted octanol–water partition coefficient (Wildman–Crippen LogP) is 4.19. The van der Waals surface area contributed by atoms with E-state index in [-0.39, 0.29) is 0 Å². The quantitative estimate of drug-likeness (QED) is 0.786. The lowest BCUT2D eigenvalue weighted by Gasteiger charge is -2.12. The first-order chi connectivity index (χ1) is 9.65. The summed E-state index contributed by atoms with van der Waals surface area (Å²) >= 11 is 6.92. The first-order valence-electron chi connectivity index (χ1n) is 6.00. The summed E-state index contributed by atoms with van der Waals surface area (Å²) in [7, 11) is 1.63. The molecule has 2 rings (SSSR count). The van der Waals surface area contributed by atoms with Crippen LogP contribution in [0.15, 0.2) is 33.5 Å². The molecule has 0 aliphatic carbocycles. The van der Waals surface area contributed by atoms with E-state index in [4.69, 9.17) is 4.74 Å². The molecule has 1 aromatic carbocycles. The minimum absolute atomic E-state index is 0.695. The number of benzene rings is 1. The maximum atomic E-state index is 5.27. The molecule has 0 radical (unpaired) electrons. The van der Waals surface area contributed by atoms with Gasteiger partial charge in [-0.05, 0) is 50.9 Å².